The molecule has 0 saturated heterocycles. The van der Waals surface area contributed by atoms with E-state index in [1.165, 1.54) is 6.92 Å². The third-order valence-electron chi connectivity index (χ3n) is 3.11. The summed E-state index contributed by atoms with van der Waals surface area (Å²) in [6.45, 7) is 5.23. The van der Waals surface area contributed by atoms with E-state index in [0.29, 0.717) is 28.8 Å². The largest absolute Gasteiger partial charge is 0.337 e. The Bertz CT molecular complexity index is 674. The van der Waals surface area contributed by atoms with E-state index in [2.05, 4.69) is 15.3 Å². The number of anilines is 2. The van der Waals surface area contributed by atoms with Gasteiger partial charge in [-0.1, -0.05) is 18.5 Å². The molecule has 2 aromatic rings. The summed E-state index contributed by atoms with van der Waals surface area (Å²) in [5, 5.41) is 3.11. The van der Waals surface area contributed by atoms with Gasteiger partial charge in [-0.2, -0.15) is 0 Å². The molecular formula is C15H16ClF2N3. The minimum atomic E-state index is -0.542. The molecule has 1 N–H and O–H groups in total. The van der Waals surface area contributed by atoms with E-state index >= 15 is 0 Å². The van der Waals surface area contributed by atoms with Crippen LogP contribution >= 0.6 is 11.6 Å². The molecule has 6 heteroatoms. The second kappa shape index (κ2) is 6.35. The Hall–Kier alpha value is -1.75. The summed E-state index contributed by atoms with van der Waals surface area (Å²) in [5.74, 6) is -0.0604. The summed E-state index contributed by atoms with van der Waals surface area (Å²) < 4.78 is 27.5. The van der Waals surface area contributed by atoms with E-state index in [4.69, 9.17) is 11.6 Å². The second-order valence-electron chi connectivity index (χ2n) is 4.86. The van der Waals surface area contributed by atoms with E-state index in [9.17, 15) is 8.78 Å². The van der Waals surface area contributed by atoms with Crippen LogP contribution in [-0.4, -0.2) is 9.97 Å². The molecule has 112 valence electrons. The highest BCUT2D eigenvalue weighted by molar-refractivity contribution is 6.30. The fourth-order valence-corrected chi connectivity index (χ4v) is 2.05. The Kier molecular flexibility index (Phi) is 4.73. The second-order valence-corrected chi connectivity index (χ2v) is 5.22. The first kappa shape index (κ1) is 15.6. The number of rotatable bonds is 4. The maximum absolute atomic E-state index is 13.9. The van der Waals surface area contributed by atoms with Gasteiger partial charge in [-0.3, -0.25) is 0 Å². The molecule has 0 spiro atoms. The molecule has 0 amide bonds. The molecule has 1 heterocycles. The maximum Gasteiger partial charge on any atom is 0.147 e. The summed E-state index contributed by atoms with van der Waals surface area (Å²) >= 11 is 6.06. The Morgan fingerprint density at radius 3 is 2.52 bits per heavy atom. The third-order valence-corrected chi connectivity index (χ3v) is 3.48. The van der Waals surface area contributed by atoms with Crippen molar-refractivity contribution in [2.75, 3.05) is 5.32 Å². The van der Waals surface area contributed by atoms with E-state index in [0.717, 1.165) is 18.6 Å². The predicted molar refractivity (Wildman–Crippen MR) is 80.2 cm³/mol. The summed E-state index contributed by atoms with van der Waals surface area (Å²) in [6.07, 6.45) is 1.53. The highest BCUT2D eigenvalue weighted by atomic mass is 35.5. The van der Waals surface area contributed by atoms with Crippen LogP contribution in [0.3, 0.4) is 0 Å². The average molecular weight is 312 g/mol. The molecule has 2 rings (SSSR count). The molecule has 0 aliphatic rings. The van der Waals surface area contributed by atoms with Gasteiger partial charge < -0.3 is 5.32 Å². The van der Waals surface area contributed by atoms with Gasteiger partial charge in [0.1, 0.15) is 28.4 Å². The zero-order chi connectivity index (χ0) is 15.6. The van der Waals surface area contributed by atoms with Gasteiger partial charge in [0.2, 0.25) is 0 Å². The van der Waals surface area contributed by atoms with Crippen LogP contribution in [-0.2, 0) is 6.42 Å². The van der Waals surface area contributed by atoms with Gasteiger partial charge in [-0.15, -0.1) is 0 Å². The molecule has 0 aliphatic carbocycles. The van der Waals surface area contributed by atoms with Crippen molar-refractivity contribution in [1.29, 1.82) is 0 Å². The number of hydrogen-bond acceptors (Lipinski definition) is 3. The lowest BCUT2D eigenvalue weighted by atomic mass is 10.2. The van der Waals surface area contributed by atoms with Crippen LogP contribution in [0.15, 0.2) is 12.1 Å². The minimum Gasteiger partial charge on any atom is -0.337 e. The molecule has 0 radical (unpaired) electrons. The van der Waals surface area contributed by atoms with Crippen molar-refractivity contribution >= 4 is 23.1 Å². The van der Waals surface area contributed by atoms with Crippen molar-refractivity contribution in [2.45, 2.75) is 33.6 Å². The summed E-state index contributed by atoms with van der Waals surface area (Å²) in [4.78, 5) is 8.48. The first-order valence-corrected chi connectivity index (χ1v) is 7.05. The zero-order valence-electron chi connectivity index (χ0n) is 12.1. The van der Waals surface area contributed by atoms with Crippen molar-refractivity contribution < 1.29 is 8.78 Å². The summed E-state index contributed by atoms with van der Waals surface area (Å²) in [5.41, 5.74) is 0.873. The smallest absolute Gasteiger partial charge is 0.147 e. The average Bonchev–Trinajstić information content (AvgIpc) is 2.42. The van der Waals surface area contributed by atoms with E-state index < -0.39 is 11.6 Å². The number of nitrogens with one attached hydrogen (secondary N) is 1. The Morgan fingerprint density at radius 1 is 1.14 bits per heavy atom. The van der Waals surface area contributed by atoms with Gasteiger partial charge in [-0.05, 0) is 31.9 Å². The topological polar surface area (TPSA) is 37.8 Å². The standard InChI is InChI=1S/C15H16ClF2N3/c1-4-5-13-20-14(16)9(3)15(21-13)19-12-7-10(17)8(2)6-11(12)18/h6-7H,4-5H2,1-3H3,(H,19,20,21). The molecular weight excluding hydrogens is 296 g/mol. The molecule has 21 heavy (non-hydrogen) atoms. The van der Waals surface area contributed by atoms with Crippen LogP contribution in [0.5, 0.6) is 0 Å². The van der Waals surface area contributed by atoms with Gasteiger partial charge in [-0.25, -0.2) is 18.7 Å². The third kappa shape index (κ3) is 3.47. The summed E-state index contributed by atoms with van der Waals surface area (Å²) in [6, 6.07) is 2.25. The molecule has 0 aliphatic heterocycles. The van der Waals surface area contributed by atoms with Crippen LogP contribution in [0.25, 0.3) is 0 Å². The van der Waals surface area contributed by atoms with Gasteiger partial charge in [0, 0.05) is 18.1 Å². The van der Waals surface area contributed by atoms with Crippen LogP contribution in [0.4, 0.5) is 20.3 Å². The van der Waals surface area contributed by atoms with Crippen molar-refractivity contribution in [3.05, 3.63) is 45.9 Å². The number of halogens is 3. The fourth-order valence-electron chi connectivity index (χ4n) is 1.86. The Labute approximate surface area is 127 Å². The minimum absolute atomic E-state index is 0.0263. The van der Waals surface area contributed by atoms with Crippen molar-refractivity contribution in [1.82, 2.24) is 9.97 Å². The van der Waals surface area contributed by atoms with E-state index in [-0.39, 0.29) is 11.3 Å². The number of benzene rings is 1. The van der Waals surface area contributed by atoms with Crippen molar-refractivity contribution in [3.8, 4) is 0 Å². The Morgan fingerprint density at radius 2 is 1.86 bits per heavy atom. The number of aromatic nitrogens is 2. The van der Waals surface area contributed by atoms with Crippen LogP contribution in [0.1, 0.15) is 30.3 Å². The SMILES string of the molecule is CCCc1nc(Cl)c(C)c(Nc2cc(F)c(C)cc2F)n1. The molecule has 0 unspecified atom stereocenters. The van der Waals surface area contributed by atoms with Gasteiger partial charge >= 0.3 is 0 Å². The highest BCUT2D eigenvalue weighted by Crippen LogP contribution is 2.26. The lowest BCUT2D eigenvalue weighted by molar-refractivity contribution is 0.595. The first-order valence-electron chi connectivity index (χ1n) is 6.68. The van der Waals surface area contributed by atoms with Crippen LogP contribution < -0.4 is 5.32 Å². The lowest BCUT2D eigenvalue weighted by Crippen LogP contribution is -2.05. The lowest BCUT2D eigenvalue weighted by Gasteiger charge is -2.12. The monoisotopic (exact) mass is 311 g/mol. The number of aryl methyl sites for hydroxylation is 2. The molecule has 1 aromatic heterocycles. The van der Waals surface area contributed by atoms with E-state index in [1.54, 1.807) is 6.92 Å². The Balaban J connectivity index is 2.41. The number of hydrogen-bond donors (Lipinski definition) is 1. The number of nitrogens with zero attached hydrogens (tertiary/aromatic N) is 2. The molecule has 1 aromatic carbocycles. The quantitative estimate of drug-likeness (QED) is 0.830. The molecule has 0 bridgehead atoms. The van der Waals surface area contributed by atoms with Crippen molar-refractivity contribution in [3.63, 3.8) is 0 Å². The fraction of sp³-hybridized carbons (Fsp3) is 0.333. The zero-order valence-corrected chi connectivity index (χ0v) is 12.9. The molecule has 0 saturated carbocycles. The van der Waals surface area contributed by atoms with Gasteiger partial charge in [0.05, 0.1) is 5.69 Å². The van der Waals surface area contributed by atoms with Gasteiger partial charge in [0.15, 0.2) is 0 Å². The predicted octanol–water partition coefficient (Wildman–Crippen LogP) is 4.72. The molecule has 3 nitrogen and oxygen atoms in total. The van der Waals surface area contributed by atoms with Crippen molar-refractivity contribution in [2.24, 2.45) is 0 Å². The molecule has 0 atom stereocenters. The first-order chi connectivity index (χ1) is 9.92. The van der Waals surface area contributed by atoms with Gasteiger partial charge in [0.25, 0.3) is 0 Å². The summed E-state index contributed by atoms with van der Waals surface area (Å²) in [7, 11) is 0. The van der Waals surface area contributed by atoms with Crippen LogP contribution in [0, 0.1) is 25.5 Å². The van der Waals surface area contributed by atoms with Crippen LogP contribution in [0.2, 0.25) is 5.15 Å². The maximum atomic E-state index is 13.9. The normalized spacial score (nSPS) is 10.8. The molecule has 0 fully saturated rings. The highest BCUT2D eigenvalue weighted by Gasteiger charge is 2.13. The van der Waals surface area contributed by atoms with E-state index in [1.807, 2.05) is 6.92 Å².